The molecule has 126 valence electrons. The van der Waals surface area contributed by atoms with Gasteiger partial charge in [-0.25, -0.2) is 4.98 Å². The lowest BCUT2D eigenvalue weighted by molar-refractivity contribution is 0.0997. The van der Waals surface area contributed by atoms with Crippen LogP contribution < -0.4 is 4.80 Å². The number of aromatic nitrogens is 2. The molecular formula is C18H14ClN3OS2. The largest absolute Gasteiger partial charge is 0.315 e. The second-order valence-corrected chi connectivity index (χ2v) is 7.97. The van der Waals surface area contributed by atoms with Gasteiger partial charge in [0.25, 0.3) is 0 Å². The summed E-state index contributed by atoms with van der Waals surface area (Å²) >= 11 is 9.21. The number of halogens is 1. The minimum Gasteiger partial charge on any atom is -0.315 e. The average Bonchev–Trinajstić information content (AvgIpc) is 3.18. The summed E-state index contributed by atoms with van der Waals surface area (Å²) in [6, 6.07) is 13.5. The number of aryl methyl sites for hydroxylation is 1. The average molecular weight is 388 g/mol. The predicted octanol–water partition coefficient (Wildman–Crippen LogP) is 5.12. The Labute approximate surface area is 157 Å². The van der Waals surface area contributed by atoms with Gasteiger partial charge in [-0.05, 0) is 30.7 Å². The highest BCUT2D eigenvalue weighted by atomic mass is 35.5. The number of hydrogen-bond acceptors (Lipinski definition) is 4. The van der Waals surface area contributed by atoms with Crippen molar-refractivity contribution in [1.82, 2.24) is 9.55 Å². The Morgan fingerprint density at radius 1 is 1.16 bits per heavy atom. The summed E-state index contributed by atoms with van der Waals surface area (Å²) in [6.07, 6.45) is 0.930. The van der Waals surface area contributed by atoms with E-state index in [1.807, 2.05) is 47.0 Å². The van der Waals surface area contributed by atoms with Gasteiger partial charge in [0.05, 0.1) is 25.5 Å². The molecule has 0 spiro atoms. The van der Waals surface area contributed by atoms with Crippen molar-refractivity contribution in [1.29, 1.82) is 0 Å². The third-order valence-corrected chi connectivity index (χ3v) is 6.15. The second-order valence-electron chi connectivity index (χ2n) is 5.53. The van der Waals surface area contributed by atoms with E-state index in [0.717, 1.165) is 33.4 Å². The van der Waals surface area contributed by atoms with Gasteiger partial charge >= 0.3 is 5.91 Å². The number of fused-ring (bicyclic) bond motifs is 2. The Balaban J connectivity index is 1.86. The van der Waals surface area contributed by atoms with Crippen molar-refractivity contribution in [3.8, 4) is 0 Å². The van der Waals surface area contributed by atoms with Crippen LogP contribution in [0.15, 0.2) is 47.5 Å². The van der Waals surface area contributed by atoms with Gasteiger partial charge < -0.3 is 4.57 Å². The Hall–Kier alpha value is -2.02. The summed E-state index contributed by atoms with van der Waals surface area (Å²) in [6.45, 7) is 2.85. The lowest BCUT2D eigenvalue weighted by Gasteiger charge is -2.03. The monoisotopic (exact) mass is 387 g/mol. The molecule has 0 saturated carbocycles. The number of para-hydroxylation sites is 2. The van der Waals surface area contributed by atoms with Gasteiger partial charge in [0.2, 0.25) is 0 Å². The molecule has 0 radical (unpaired) electrons. The topological polar surface area (TPSA) is 47.2 Å². The normalized spacial score (nSPS) is 12.3. The van der Waals surface area contributed by atoms with Crippen LogP contribution in [0.5, 0.6) is 0 Å². The second kappa shape index (κ2) is 6.71. The minimum atomic E-state index is -0.311. The number of thiazole rings is 2. The maximum atomic E-state index is 12.6. The third-order valence-electron chi connectivity index (χ3n) is 3.77. The van der Waals surface area contributed by atoms with Gasteiger partial charge in [-0.15, -0.1) is 11.3 Å². The fourth-order valence-corrected chi connectivity index (χ4v) is 4.97. The lowest BCUT2D eigenvalue weighted by Crippen LogP contribution is -2.17. The molecule has 4 aromatic rings. The van der Waals surface area contributed by atoms with Crippen molar-refractivity contribution in [2.24, 2.45) is 4.99 Å². The van der Waals surface area contributed by atoms with Crippen molar-refractivity contribution >= 4 is 60.6 Å². The quantitative estimate of drug-likeness (QED) is 0.490. The molecule has 0 aliphatic rings. The minimum absolute atomic E-state index is 0.311. The highest BCUT2D eigenvalue weighted by Gasteiger charge is 2.14. The summed E-state index contributed by atoms with van der Waals surface area (Å²) in [7, 11) is 0. The zero-order valence-electron chi connectivity index (χ0n) is 13.4. The molecule has 0 atom stereocenters. The smallest absolute Gasteiger partial charge is 0.308 e. The van der Waals surface area contributed by atoms with E-state index in [-0.39, 0.29) is 5.91 Å². The highest BCUT2D eigenvalue weighted by molar-refractivity contribution is 7.20. The number of carbonyl (C=O) groups is 1. The number of nitrogens with zero attached hydrogens (tertiary/aromatic N) is 3. The maximum absolute atomic E-state index is 12.6. The molecule has 0 fully saturated rings. The molecule has 0 saturated heterocycles. The number of hydrogen-bond donors (Lipinski definition) is 0. The van der Waals surface area contributed by atoms with Gasteiger partial charge in [-0.3, -0.25) is 4.79 Å². The van der Waals surface area contributed by atoms with Gasteiger partial charge in [-0.1, -0.05) is 48.1 Å². The molecule has 2 aromatic heterocycles. The first-order chi connectivity index (χ1) is 12.2. The van der Waals surface area contributed by atoms with E-state index >= 15 is 0 Å². The number of carbonyl (C=O) groups excluding carboxylic acids is 1. The van der Waals surface area contributed by atoms with E-state index in [2.05, 4.69) is 16.9 Å². The highest BCUT2D eigenvalue weighted by Crippen LogP contribution is 2.26. The van der Waals surface area contributed by atoms with Crippen molar-refractivity contribution < 1.29 is 4.79 Å². The summed E-state index contributed by atoms with van der Waals surface area (Å²) < 4.78 is 4.03. The van der Waals surface area contributed by atoms with E-state index in [9.17, 15) is 4.79 Å². The van der Waals surface area contributed by atoms with Crippen molar-refractivity contribution in [2.45, 2.75) is 19.9 Å². The molecule has 2 aromatic carbocycles. The van der Waals surface area contributed by atoms with Crippen LogP contribution >= 0.6 is 34.3 Å². The molecule has 0 N–H and O–H groups in total. The molecule has 4 nitrogen and oxygen atoms in total. The van der Waals surface area contributed by atoms with Gasteiger partial charge in [0, 0.05) is 6.54 Å². The van der Waals surface area contributed by atoms with Crippen LogP contribution in [0, 0.1) is 0 Å². The van der Waals surface area contributed by atoms with E-state index < -0.39 is 0 Å². The number of rotatable bonds is 3. The molecule has 2 heterocycles. The van der Waals surface area contributed by atoms with Crippen molar-refractivity contribution in [3.05, 3.63) is 57.3 Å². The van der Waals surface area contributed by atoms with Crippen molar-refractivity contribution in [2.75, 3.05) is 0 Å². The molecule has 4 rings (SSSR count). The van der Waals surface area contributed by atoms with Crippen LogP contribution in [0.1, 0.15) is 23.1 Å². The van der Waals surface area contributed by atoms with Crippen LogP contribution in [0.2, 0.25) is 5.02 Å². The predicted molar refractivity (Wildman–Crippen MR) is 105 cm³/mol. The van der Waals surface area contributed by atoms with Crippen LogP contribution in [-0.4, -0.2) is 15.5 Å². The summed E-state index contributed by atoms with van der Waals surface area (Å²) in [5.74, 6) is -0.311. The zero-order chi connectivity index (χ0) is 17.4. The third kappa shape index (κ3) is 3.01. The molecule has 0 aliphatic carbocycles. The van der Waals surface area contributed by atoms with Gasteiger partial charge in [0.15, 0.2) is 9.81 Å². The Bertz CT molecular complexity index is 1120. The standard InChI is InChI=1S/C18H14ClN3OS2/c1-2-10-22-15-11(19)6-5-9-14(15)25-18(22)21-16(23)17-20-12-7-3-4-8-13(12)24-17/h3-9H,2,10H2,1H3. The van der Waals surface area contributed by atoms with E-state index in [4.69, 9.17) is 11.6 Å². The van der Waals surface area contributed by atoms with Crippen molar-refractivity contribution in [3.63, 3.8) is 0 Å². The first-order valence-electron chi connectivity index (χ1n) is 7.90. The van der Waals surface area contributed by atoms with Gasteiger partial charge in [0.1, 0.15) is 0 Å². The molecule has 0 bridgehead atoms. The fourth-order valence-electron chi connectivity index (χ4n) is 2.70. The summed E-state index contributed by atoms with van der Waals surface area (Å²) in [4.78, 5) is 22.1. The zero-order valence-corrected chi connectivity index (χ0v) is 15.8. The summed E-state index contributed by atoms with van der Waals surface area (Å²) in [5.41, 5.74) is 1.76. The van der Waals surface area contributed by atoms with Crippen LogP contribution in [0.3, 0.4) is 0 Å². The fraction of sp³-hybridized carbons (Fsp3) is 0.167. The van der Waals surface area contributed by atoms with E-state index in [1.54, 1.807) is 0 Å². The lowest BCUT2D eigenvalue weighted by atomic mass is 10.3. The molecule has 0 unspecified atom stereocenters. The van der Waals surface area contributed by atoms with Gasteiger partial charge in [-0.2, -0.15) is 4.99 Å². The Morgan fingerprint density at radius 3 is 2.76 bits per heavy atom. The van der Waals surface area contributed by atoms with E-state index in [1.165, 1.54) is 22.7 Å². The number of benzene rings is 2. The maximum Gasteiger partial charge on any atom is 0.308 e. The van der Waals surface area contributed by atoms with Crippen LogP contribution in [0.4, 0.5) is 0 Å². The first-order valence-corrected chi connectivity index (χ1v) is 9.91. The SMILES string of the molecule is CCCn1c(=NC(=O)c2nc3ccccc3s2)sc2cccc(Cl)c21. The summed E-state index contributed by atoms with van der Waals surface area (Å²) in [5, 5.41) is 1.09. The molecule has 1 amide bonds. The molecule has 7 heteroatoms. The first kappa shape index (κ1) is 16.4. The van der Waals surface area contributed by atoms with E-state index in [0.29, 0.717) is 14.8 Å². The Kier molecular flexibility index (Phi) is 4.41. The molecule has 0 aliphatic heterocycles. The molecular weight excluding hydrogens is 374 g/mol. The number of amides is 1. The van der Waals surface area contributed by atoms with Crippen LogP contribution in [-0.2, 0) is 6.54 Å². The Morgan fingerprint density at radius 2 is 1.96 bits per heavy atom. The molecule has 25 heavy (non-hydrogen) atoms. The van der Waals surface area contributed by atoms with Crippen LogP contribution in [0.25, 0.3) is 20.4 Å².